The molecule has 0 atom stereocenters. The van der Waals surface area contributed by atoms with Gasteiger partial charge >= 0.3 is 6.18 Å². The lowest BCUT2D eigenvalue weighted by Gasteiger charge is -2.10. The molecule has 0 radical (unpaired) electrons. The molecule has 0 saturated heterocycles. The molecule has 0 fully saturated rings. The quantitative estimate of drug-likeness (QED) is 0.596. The van der Waals surface area contributed by atoms with Gasteiger partial charge in [0.15, 0.2) is 5.69 Å². The van der Waals surface area contributed by atoms with Crippen LogP contribution in [0.3, 0.4) is 0 Å². The molecule has 142 valence electrons. The highest BCUT2D eigenvalue weighted by Crippen LogP contribution is 2.38. The largest absolute Gasteiger partial charge is 0.435 e. The number of sulfonamides is 1. The average Bonchev–Trinajstić information content (AvgIpc) is 3.02. The van der Waals surface area contributed by atoms with Crippen LogP contribution in [0.4, 0.5) is 13.2 Å². The first-order valence-electron chi connectivity index (χ1n) is 7.56. The Bertz CT molecular complexity index is 1060. The molecule has 1 heterocycles. The maximum atomic E-state index is 13.5. The average molecular weight is 460 g/mol. The van der Waals surface area contributed by atoms with E-state index in [2.05, 4.69) is 21.0 Å². The Kier molecular flexibility index (Phi) is 5.15. The second-order valence-electron chi connectivity index (χ2n) is 5.62. The molecule has 2 N–H and O–H groups in total. The highest BCUT2D eigenvalue weighted by molar-refractivity contribution is 9.08. The van der Waals surface area contributed by atoms with Gasteiger partial charge in [0.05, 0.1) is 16.3 Å². The minimum atomic E-state index is -4.64. The van der Waals surface area contributed by atoms with Gasteiger partial charge in [-0.25, -0.2) is 18.2 Å². The van der Waals surface area contributed by atoms with Crippen molar-refractivity contribution in [3.05, 3.63) is 65.9 Å². The van der Waals surface area contributed by atoms with Gasteiger partial charge in [0.25, 0.3) is 0 Å². The van der Waals surface area contributed by atoms with Gasteiger partial charge in [0.2, 0.25) is 10.0 Å². The SMILES string of the molecule is NS(=O)(=O)c1ccc(-n2nc(C(F)(F)F)c(CBr)c2-c2ccccc2)cc1. The van der Waals surface area contributed by atoms with Gasteiger partial charge in [-0.2, -0.15) is 18.3 Å². The number of rotatable bonds is 4. The minimum Gasteiger partial charge on any atom is -0.232 e. The first-order valence-corrected chi connectivity index (χ1v) is 10.2. The number of primary sulfonamides is 1. The molecule has 0 amide bonds. The number of hydrogen-bond donors (Lipinski definition) is 1. The van der Waals surface area contributed by atoms with Crippen molar-refractivity contribution >= 4 is 26.0 Å². The third-order valence-corrected chi connectivity index (χ3v) is 5.33. The molecule has 0 saturated carbocycles. The van der Waals surface area contributed by atoms with Crippen LogP contribution in [0.25, 0.3) is 16.9 Å². The number of nitrogens with two attached hydrogens (primary N) is 1. The predicted molar refractivity (Wildman–Crippen MR) is 98.0 cm³/mol. The number of aromatic nitrogens is 2. The number of alkyl halides is 4. The normalized spacial score (nSPS) is 12.3. The molecule has 27 heavy (non-hydrogen) atoms. The summed E-state index contributed by atoms with van der Waals surface area (Å²) in [5, 5.41) is 8.79. The fourth-order valence-corrected chi connectivity index (χ4v) is 3.71. The summed E-state index contributed by atoms with van der Waals surface area (Å²) in [6.07, 6.45) is -4.64. The molecule has 0 aliphatic rings. The maximum Gasteiger partial charge on any atom is 0.435 e. The van der Waals surface area contributed by atoms with E-state index in [0.29, 0.717) is 5.56 Å². The predicted octanol–water partition coefficient (Wildman–Crippen LogP) is 4.10. The third-order valence-electron chi connectivity index (χ3n) is 3.84. The van der Waals surface area contributed by atoms with Crippen molar-refractivity contribution in [2.45, 2.75) is 16.4 Å². The zero-order valence-corrected chi connectivity index (χ0v) is 16.0. The molecule has 3 aromatic rings. The molecule has 0 aliphatic carbocycles. The van der Waals surface area contributed by atoms with Crippen molar-refractivity contribution in [3.63, 3.8) is 0 Å². The summed E-state index contributed by atoms with van der Waals surface area (Å²) in [4.78, 5) is -0.142. The van der Waals surface area contributed by atoms with Crippen molar-refractivity contribution in [1.82, 2.24) is 9.78 Å². The first kappa shape index (κ1) is 19.6. The second kappa shape index (κ2) is 7.10. The van der Waals surface area contributed by atoms with Gasteiger partial charge < -0.3 is 0 Å². The van der Waals surface area contributed by atoms with Crippen molar-refractivity contribution in [2.75, 3.05) is 0 Å². The van der Waals surface area contributed by atoms with Crippen molar-refractivity contribution < 1.29 is 21.6 Å². The van der Waals surface area contributed by atoms with Crippen LogP contribution < -0.4 is 5.14 Å². The Labute approximate surface area is 161 Å². The summed E-state index contributed by atoms with van der Waals surface area (Å²) in [5.41, 5.74) is 0.0746. The minimum absolute atomic E-state index is 0.00998. The smallest absolute Gasteiger partial charge is 0.232 e. The lowest BCUT2D eigenvalue weighted by Crippen LogP contribution is -2.12. The number of nitrogens with zero attached hydrogens (tertiary/aromatic N) is 2. The van der Waals surface area contributed by atoms with Crippen LogP contribution in [0, 0.1) is 0 Å². The molecular weight excluding hydrogens is 447 g/mol. The standard InChI is InChI=1S/C17H13BrF3N3O2S/c18-10-14-15(11-4-2-1-3-5-11)24(23-16(14)17(19,20)21)12-6-8-13(9-7-12)27(22,25)26/h1-9H,10H2,(H2,22,25,26). The van der Waals surface area contributed by atoms with E-state index < -0.39 is 21.9 Å². The fourth-order valence-electron chi connectivity index (χ4n) is 2.66. The van der Waals surface area contributed by atoms with Gasteiger partial charge in [-0.15, -0.1) is 0 Å². The Hall–Kier alpha value is -2.17. The summed E-state index contributed by atoms with van der Waals surface area (Å²) in [6.45, 7) is 0. The van der Waals surface area contributed by atoms with Crippen LogP contribution in [0.5, 0.6) is 0 Å². The lowest BCUT2D eigenvalue weighted by atomic mass is 10.1. The summed E-state index contributed by atoms with van der Waals surface area (Å²) < 4.78 is 64.4. The zero-order chi connectivity index (χ0) is 19.8. The number of benzene rings is 2. The van der Waals surface area contributed by atoms with E-state index in [1.165, 1.54) is 24.3 Å². The van der Waals surface area contributed by atoms with Crippen molar-refractivity contribution in [3.8, 4) is 16.9 Å². The van der Waals surface area contributed by atoms with E-state index in [0.717, 1.165) is 4.68 Å². The Morgan fingerprint density at radius 1 is 1.04 bits per heavy atom. The molecule has 5 nitrogen and oxygen atoms in total. The van der Waals surface area contributed by atoms with Crippen LogP contribution in [0.15, 0.2) is 59.5 Å². The van der Waals surface area contributed by atoms with Crippen LogP contribution in [-0.4, -0.2) is 18.2 Å². The van der Waals surface area contributed by atoms with Gasteiger partial charge in [0, 0.05) is 16.5 Å². The van der Waals surface area contributed by atoms with Crippen LogP contribution >= 0.6 is 15.9 Å². The van der Waals surface area contributed by atoms with E-state index in [4.69, 9.17) is 5.14 Å². The molecule has 0 aliphatic heterocycles. The summed E-state index contributed by atoms with van der Waals surface area (Å²) >= 11 is 3.12. The number of halogens is 4. The zero-order valence-electron chi connectivity index (χ0n) is 13.6. The summed E-state index contributed by atoms with van der Waals surface area (Å²) in [5.74, 6) is 0. The summed E-state index contributed by atoms with van der Waals surface area (Å²) in [7, 11) is -3.91. The van der Waals surface area contributed by atoms with Crippen molar-refractivity contribution in [2.24, 2.45) is 5.14 Å². The van der Waals surface area contributed by atoms with E-state index in [1.807, 2.05) is 0 Å². The van der Waals surface area contributed by atoms with Crippen LogP contribution in [0.1, 0.15) is 11.3 Å². The van der Waals surface area contributed by atoms with Gasteiger partial charge in [-0.05, 0) is 24.3 Å². The molecule has 0 spiro atoms. The highest BCUT2D eigenvalue weighted by atomic mass is 79.9. The van der Waals surface area contributed by atoms with E-state index in [9.17, 15) is 21.6 Å². The lowest BCUT2D eigenvalue weighted by molar-refractivity contribution is -0.141. The Morgan fingerprint density at radius 3 is 2.11 bits per heavy atom. The maximum absolute atomic E-state index is 13.5. The monoisotopic (exact) mass is 459 g/mol. The third kappa shape index (κ3) is 3.92. The highest BCUT2D eigenvalue weighted by Gasteiger charge is 2.39. The first-order chi connectivity index (χ1) is 12.6. The molecular formula is C17H13BrF3N3O2S. The van der Waals surface area contributed by atoms with Crippen LogP contribution in [0.2, 0.25) is 0 Å². The molecule has 1 aromatic heterocycles. The topological polar surface area (TPSA) is 78.0 Å². The van der Waals surface area contributed by atoms with Gasteiger partial charge in [0.1, 0.15) is 0 Å². The second-order valence-corrected chi connectivity index (χ2v) is 7.75. The molecule has 10 heteroatoms. The van der Waals surface area contributed by atoms with E-state index in [1.54, 1.807) is 30.3 Å². The molecule has 2 aromatic carbocycles. The molecule has 0 bridgehead atoms. The van der Waals surface area contributed by atoms with Gasteiger partial charge in [-0.1, -0.05) is 46.3 Å². The molecule has 3 rings (SSSR count). The van der Waals surface area contributed by atoms with E-state index >= 15 is 0 Å². The number of hydrogen-bond acceptors (Lipinski definition) is 3. The van der Waals surface area contributed by atoms with Crippen LogP contribution in [-0.2, 0) is 21.5 Å². The fraction of sp³-hybridized carbons (Fsp3) is 0.118. The Morgan fingerprint density at radius 2 is 1.63 bits per heavy atom. The molecule has 0 unspecified atom stereocenters. The van der Waals surface area contributed by atoms with Gasteiger partial charge in [-0.3, -0.25) is 0 Å². The van der Waals surface area contributed by atoms with Crippen molar-refractivity contribution in [1.29, 1.82) is 0 Å². The summed E-state index contributed by atoms with van der Waals surface area (Å²) in [6, 6.07) is 13.7. The Balaban J connectivity index is 2.27. The van der Waals surface area contributed by atoms with E-state index in [-0.39, 0.29) is 27.2 Å².